The van der Waals surface area contributed by atoms with Crippen molar-refractivity contribution in [1.82, 2.24) is 19.5 Å². The van der Waals surface area contributed by atoms with Crippen LogP contribution in [0.5, 0.6) is 0 Å². The minimum atomic E-state index is -0.254. The first-order valence-corrected chi connectivity index (χ1v) is 31.1. The molecule has 0 radical (unpaired) electrons. The van der Waals surface area contributed by atoms with Gasteiger partial charge in [-0.2, -0.15) is 0 Å². The van der Waals surface area contributed by atoms with Crippen molar-refractivity contribution in [2.45, 2.75) is 19.3 Å². The van der Waals surface area contributed by atoms with Crippen LogP contribution in [0.3, 0.4) is 0 Å². The van der Waals surface area contributed by atoms with Gasteiger partial charge in [-0.05, 0) is 188 Å². The van der Waals surface area contributed by atoms with Crippen LogP contribution >= 0.6 is 0 Å². The SMILES string of the molecule is CC1(C)c2cc(-c3ccccc3)cc3ccc4cc(-c5nc(-c6ccccc6)nc(-c6cccc(-c7cccc(-c8ccc(-c9ccccc9)c9c8-c8ccc(-c%10ccc(-c%11cc%12ccccc%12n%11-c%11ccccc%11)cc%10)c%10cccc-9c8%10)c7)c6)n5)cc1c4c23. The number of benzene rings is 14. The zero-order valence-electron chi connectivity index (χ0n) is 49.7. The molecule has 0 unspecified atom stereocenters. The molecule has 0 amide bonds. The Morgan fingerprint density at radius 3 is 1.42 bits per heavy atom. The van der Waals surface area contributed by atoms with Gasteiger partial charge in [0, 0.05) is 33.2 Å². The van der Waals surface area contributed by atoms with E-state index in [0.717, 1.165) is 39.1 Å². The lowest BCUT2D eigenvalue weighted by Crippen LogP contribution is -2.15. The number of fused-ring (bicyclic) bond motifs is 4. The lowest BCUT2D eigenvalue weighted by atomic mass is 9.80. The average molecular weight is 1150 g/mol. The second kappa shape index (κ2) is 20.2. The summed E-state index contributed by atoms with van der Waals surface area (Å²) in [5.74, 6) is 1.91. The molecule has 4 nitrogen and oxygen atoms in total. The first-order valence-electron chi connectivity index (χ1n) is 31.1. The van der Waals surface area contributed by atoms with Gasteiger partial charge in [-0.15, -0.1) is 0 Å². The van der Waals surface area contributed by atoms with E-state index in [2.05, 4.69) is 304 Å². The zero-order chi connectivity index (χ0) is 59.6. The van der Waals surface area contributed by atoms with Gasteiger partial charge in [-0.1, -0.05) is 257 Å². The van der Waals surface area contributed by atoms with E-state index in [1.165, 1.54) is 127 Å². The summed E-state index contributed by atoms with van der Waals surface area (Å²) in [6.07, 6.45) is 0. The van der Waals surface area contributed by atoms with Crippen LogP contribution in [0, 0.1) is 0 Å². The third-order valence-corrected chi connectivity index (χ3v) is 19.1. The van der Waals surface area contributed by atoms with E-state index in [-0.39, 0.29) is 5.41 Å². The predicted octanol–water partition coefficient (Wildman–Crippen LogP) is 22.6. The molecule has 0 aliphatic heterocycles. The number of hydrogen-bond donors (Lipinski definition) is 0. The van der Waals surface area contributed by atoms with E-state index >= 15 is 0 Å². The van der Waals surface area contributed by atoms with Crippen LogP contribution < -0.4 is 0 Å². The molecule has 0 atom stereocenters. The van der Waals surface area contributed by atoms with Gasteiger partial charge < -0.3 is 4.57 Å². The van der Waals surface area contributed by atoms with Gasteiger partial charge >= 0.3 is 0 Å². The number of aromatic nitrogens is 4. The Morgan fingerprint density at radius 2 is 0.733 bits per heavy atom. The first-order chi connectivity index (χ1) is 44.4. The van der Waals surface area contributed by atoms with Crippen LogP contribution in [-0.2, 0) is 5.41 Å². The normalized spacial score (nSPS) is 12.6. The largest absolute Gasteiger partial charge is 0.309 e. The van der Waals surface area contributed by atoms with Crippen molar-refractivity contribution in [2.24, 2.45) is 0 Å². The Hall–Kier alpha value is -11.6. The molecule has 4 heteroatoms. The predicted molar refractivity (Wildman–Crippen MR) is 375 cm³/mol. The van der Waals surface area contributed by atoms with Crippen molar-refractivity contribution in [3.63, 3.8) is 0 Å². The fraction of sp³-hybridized carbons (Fsp3) is 0.0349. The van der Waals surface area contributed by atoms with Gasteiger partial charge in [0.25, 0.3) is 0 Å². The van der Waals surface area contributed by atoms with Crippen molar-refractivity contribution in [2.75, 3.05) is 0 Å². The Balaban J connectivity index is 0.724. The lowest BCUT2D eigenvalue weighted by molar-refractivity contribution is 0.663. The van der Waals surface area contributed by atoms with E-state index < -0.39 is 0 Å². The van der Waals surface area contributed by atoms with E-state index in [9.17, 15) is 0 Å². The Labute approximate surface area is 522 Å². The molecule has 0 bridgehead atoms. The lowest BCUT2D eigenvalue weighted by Gasteiger charge is -2.23. The molecule has 0 N–H and O–H groups in total. The summed E-state index contributed by atoms with van der Waals surface area (Å²) in [6, 6.07) is 111. The summed E-state index contributed by atoms with van der Waals surface area (Å²) < 4.78 is 2.38. The van der Waals surface area contributed by atoms with Crippen LogP contribution in [0.1, 0.15) is 25.0 Å². The van der Waals surface area contributed by atoms with Crippen molar-refractivity contribution >= 4 is 43.2 Å². The zero-order valence-corrected chi connectivity index (χ0v) is 49.7. The Kier molecular flexibility index (Phi) is 11.6. The summed E-state index contributed by atoms with van der Waals surface area (Å²) in [6.45, 7) is 4.72. The highest BCUT2D eigenvalue weighted by Crippen LogP contribution is 2.57. The maximum Gasteiger partial charge on any atom is 0.164 e. The number of hydrogen-bond acceptors (Lipinski definition) is 3. The number of rotatable bonds is 10. The van der Waals surface area contributed by atoms with Crippen molar-refractivity contribution in [3.8, 4) is 129 Å². The molecule has 18 rings (SSSR count). The molecule has 0 saturated carbocycles. The van der Waals surface area contributed by atoms with Gasteiger partial charge in [0.2, 0.25) is 0 Å². The van der Waals surface area contributed by atoms with Gasteiger partial charge in [0.15, 0.2) is 17.5 Å². The first kappa shape index (κ1) is 51.6. The molecule has 16 aromatic rings. The topological polar surface area (TPSA) is 43.6 Å². The maximum atomic E-state index is 5.39. The third-order valence-electron chi connectivity index (χ3n) is 19.1. The summed E-state index contributed by atoms with van der Waals surface area (Å²) in [7, 11) is 0. The van der Waals surface area contributed by atoms with E-state index in [1.807, 2.05) is 18.2 Å². The van der Waals surface area contributed by atoms with Crippen LogP contribution in [0.15, 0.2) is 303 Å². The van der Waals surface area contributed by atoms with Crippen LogP contribution in [0.25, 0.3) is 172 Å². The number of nitrogens with zero attached hydrogens (tertiary/aromatic N) is 4. The molecule has 2 aliphatic rings. The fourth-order valence-corrected chi connectivity index (χ4v) is 14.8. The maximum absolute atomic E-state index is 5.39. The fourth-order valence-electron chi connectivity index (χ4n) is 14.8. The third kappa shape index (κ3) is 8.18. The Morgan fingerprint density at radius 1 is 0.267 bits per heavy atom. The van der Waals surface area contributed by atoms with Crippen LogP contribution in [0.2, 0.25) is 0 Å². The summed E-state index contributed by atoms with van der Waals surface area (Å²) >= 11 is 0. The molecular weight excluding hydrogens is 1090 g/mol. The molecular formula is C86H56N4. The van der Waals surface area contributed by atoms with Crippen molar-refractivity contribution in [1.29, 1.82) is 0 Å². The molecule has 14 aromatic carbocycles. The van der Waals surface area contributed by atoms with E-state index in [4.69, 9.17) is 15.0 Å². The highest BCUT2D eigenvalue weighted by molar-refractivity contribution is 6.23. The summed E-state index contributed by atoms with van der Waals surface area (Å²) in [5.41, 5.74) is 26.8. The molecule has 2 aliphatic carbocycles. The molecule has 2 aromatic heterocycles. The van der Waals surface area contributed by atoms with Gasteiger partial charge in [0.05, 0.1) is 11.2 Å². The minimum Gasteiger partial charge on any atom is -0.309 e. The van der Waals surface area contributed by atoms with E-state index in [1.54, 1.807) is 0 Å². The van der Waals surface area contributed by atoms with Gasteiger partial charge in [-0.3, -0.25) is 0 Å². The average Bonchev–Trinajstić information content (AvgIpc) is 1.58. The van der Waals surface area contributed by atoms with Crippen LogP contribution in [-0.4, -0.2) is 19.5 Å². The second-order valence-corrected chi connectivity index (χ2v) is 24.6. The molecule has 0 fully saturated rings. The molecule has 90 heavy (non-hydrogen) atoms. The van der Waals surface area contributed by atoms with Gasteiger partial charge in [0.1, 0.15) is 0 Å². The summed E-state index contributed by atoms with van der Waals surface area (Å²) in [4.78, 5) is 15.9. The highest BCUT2D eigenvalue weighted by atomic mass is 15.0. The Bertz CT molecular complexity index is 5590. The monoisotopic (exact) mass is 1140 g/mol. The highest BCUT2D eigenvalue weighted by Gasteiger charge is 2.36. The van der Waals surface area contributed by atoms with Crippen LogP contribution in [0.4, 0.5) is 0 Å². The standard InChI is InChI=1S/C86H56N4/c1-86(2)74-50-65(53-20-7-3-8-21-53)48-62-40-41-63-49-66(51-75(86)79(63)78(62)74)85-88-83(57-24-11-5-12-25-57)87-84(89-85)64-30-18-28-59(47-64)58-27-17-29-60(46-58)70-44-43-69(54-22-9-4-10-23-54)81-72-34-19-33-71-68(42-45-73(80(71)72)82(70)81)55-36-38-56(39-37-55)77-52-61-26-15-16-35-76(61)90(77)67-31-13-6-14-32-67/h3-52H,1-2H3. The molecule has 420 valence electrons. The van der Waals surface area contributed by atoms with E-state index in [0.29, 0.717) is 17.5 Å². The van der Waals surface area contributed by atoms with Crippen molar-refractivity contribution < 1.29 is 0 Å². The second-order valence-electron chi connectivity index (χ2n) is 24.6. The van der Waals surface area contributed by atoms with Crippen molar-refractivity contribution in [3.05, 3.63) is 314 Å². The smallest absolute Gasteiger partial charge is 0.164 e. The molecule has 2 heterocycles. The number of para-hydroxylation sites is 2. The molecule has 0 spiro atoms. The summed E-state index contributed by atoms with van der Waals surface area (Å²) in [5, 5.41) is 8.85. The quantitative estimate of drug-likeness (QED) is 0.128. The van der Waals surface area contributed by atoms with Gasteiger partial charge in [-0.25, -0.2) is 15.0 Å². The molecule has 0 saturated heterocycles. The minimum absolute atomic E-state index is 0.254.